The Kier molecular flexibility index (Phi) is 4.96. The Morgan fingerprint density at radius 1 is 1.15 bits per heavy atom. The van der Waals surface area contributed by atoms with Crippen LogP contribution in [0.15, 0.2) is 28.8 Å². The van der Waals surface area contributed by atoms with Crippen LogP contribution < -0.4 is 10.6 Å². The summed E-state index contributed by atoms with van der Waals surface area (Å²) in [5, 5.41) is 4.16. The predicted molar refractivity (Wildman–Crippen MR) is 102 cm³/mol. The largest absolute Gasteiger partial charge is 0.369 e. The molecule has 6 nitrogen and oxygen atoms in total. The van der Waals surface area contributed by atoms with E-state index in [4.69, 9.17) is 10.3 Å². The van der Waals surface area contributed by atoms with Gasteiger partial charge in [-0.1, -0.05) is 30.1 Å². The highest BCUT2D eigenvalue weighted by molar-refractivity contribution is 5.48. The molecule has 0 amide bonds. The Bertz CT molecular complexity index is 729. The minimum atomic E-state index is -0.360. The number of hydrogen-bond acceptors (Lipinski definition) is 6. The SMILES string of the molecule is Cc1cccc(N2CCN(CCc3nc(C4(N)CCCC4)no3)CC2)c1. The zero-order valence-corrected chi connectivity index (χ0v) is 15.7. The van der Waals surface area contributed by atoms with Gasteiger partial charge in [-0.25, -0.2) is 0 Å². The Balaban J connectivity index is 1.27. The molecule has 1 aliphatic carbocycles. The van der Waals surface area contributed by atoms with E-state index in [2.05, 4.69) is 51.1 Å². The van der Waals surface area contributed by atoms with Crippen LogP contribution in [0.5, 0.6) is 0 Å². The van der Waals surface area contributed by atoms with Crippen molar-refractivity contribution in [3.05, 3.63) is 41.5 Å². The number of benzene rings is 1. The van der Waals surface area contributed by atoms with Gasteiger partial charge >= 0.3 is 0 Å². The third-order valence-electron chi connectivity index (χ3n) is 5.79. The summed E-state index contributed by atoms with van der Waals surface area (Å²) in [5.74, 6) is 1.42. The summed E-state index contributed by atoms with van der Waals surface area (Å²) in [6.07, 6.45) is 5.05. The summed E-state index contributed by atoms with van der Waals surface area (Å²) in [5.41, 5.74) is 8.70. The van der Waals surface area contributed by atoms with Gasteiger partial charge in [-0.2, -0.15) is 4.98 Å². The Labute approximate surface area is 155 Å². The van der Waals surface area contributed by atoms with Gasteiger partial charge in [0, 0.05) is 44.8 Å². The van der Waals surface area contributed by atoms with Gasteiger partial charge in [-0.05, 0) is 37.5 Å². The molecule has 140 valence electrons. The highest BCUT2D eigenvalue weighted by atomic mass is 16.5. The first-order valence-corrected chi connectivity index (χ1v) is 9.78. The molecule has 0 atom stereocenters. The van der Waals surface area contributed by atoms with Crippen LogP contribution in [0, 0.1) is 6.92 Å². The van der Waals surface area contributed by atoms with Gasteiger partial charge in [-0.3, -0.25) is 4.90 Å². The summed E-state index contributed by atoms with van der Waals surface area (Å²) in [6, 6.07) is 8.75. The third kappa shape index (κ3) is 3.76. The van der Waals surface area contributed by atoms with E-state index in [0.717, 1.165) is 70.7 Å². The van der Waals surface area contributed by atoms with Crippen molar-refractivity contribution in [3.8, 4) is 0 Å². The van der Waals surface area contributed by atoms with Crippen molar-refractivity contribution in [1.82, 2.24) is 15.0 Å². The van der Waals surface area contributed by atoms with Crippen LogP contribution in [-0.4, -0.2) is 47.8 Å². The van der Waals surface area contributed by atoms with Gasteiger partial charge in [0.05, 0.1) is 5.54 Å². The van der Waals surface area contributed by atoms with E-state index in [1.807, 2.05) is 0 Å². The number of rotatable bonds is 5. The van der Waals surface area contributed by atoms with Gasteiger partial charge in [0.15, 0.2) is 5.82 Å². The molecule has 2 aromatic rings. The smallest absolute Gasteiger partial charge is 0.228 e. The maximum absolute atomic E-state index is 6.41. The molecule has 26 heavy (non-hydrogen) atoms. The highest BCUT2D eigenvalue weighted by Gasteiger charge is 2.35. The van der Waals surface area contributed by atoms with Crippen molar-refractivity contribution in [3.63, 3.8) is 0 Å². The fourth-order valence-corrected chi connectivity index (χ4v) is 4.10. The first-order valence-electron chi connectivity index (χ1n) is 9.78. The molecule has 1 saturated heterocycles. The maximum atomic E-state index is 6.41. The van der Waals surface area contributed by atoms with Crippen LogP contribution in [0.1, 0.15) is 43.0 Å². The molecular formula is C20H29N5O. The Hall–Kier alpha value is -1.92. The van der Waals surface area contributed by atoms with Crippen LogP contribution in [0.25, 0.3) is 0 Å². The number of anilines is 1. The van der Waals surface area contributed by atoms with E-state index >= 15 is 0 Å². The number of piperazine rings is 1. The Morgan fingerprint density at radius 2 is 1.92 bits per heavy atom. The van der Waals surface area contributed by atoms with Crippen LogP contribution in [-0.2, 0) is 12.0 Å². The van der Waals surface area contributed by atoms with Gasteiger partial charge < -0.3 is 15.2 Å². The average molecular weight is 355 g/mol. The maximum Gasteiger partial charge on any atom is 0.228 e. The van der Waals surface area contributed by atoms with Gasteiger partial charge in [0.2, 0.25) is 5.89 Å². The number of aryl methyl sites for hydroxylation is 1. The second-order valence-corrected chi connectivity index (χ2v) is 7.79. The molecule has 2 heterocycles. The lowest BCUT2D eigenvalue weighted by Gasteiger charge is -2.36. The first kappa shape index (κ1) is 17.5. The summed E-state index contributed by atoms with van der Waals surface area (Å²) in [7, 11) is 0. The molecule has 6 heteroatoms. The average Bonchev–Trinajstić information content (AvgIpc) is 3.31. The number of nitrogens with zero attached hydrogens (tertiary/aromatic N) is 4. The molecule has 1 aliphatic heterocycles. The molecule has 1 aromatic carbocycles. The monoisotopic (exact) mass is 355 g/mol. The molecule has 0 unspecified atom stereocenters. The lowest BCUT2D eigenvalue weighted by atomic mass is 9.99. The molecule has 2 aliphatic rings. The van der Waals surface area contributed by atoms with E-state index in [9.17, 15) is 0 Å². The summed E-state index contributed by atoms with van der Waals surface area (Å²) in [4.78, 5) is 9.52. The van der Waals surface area contributed by atoms with Gasteiger partial charge in [0.1, 0.15) is 0 Å². The molecule has 1 saturated carbocycles. The molecule has 2 fully saturated rings. The van der Waals surface area contributed by atoms with Crippen molar-refractivity contribution in [2.24, 2.45) is 5.73 Å². The Morgan fingerprint density at radius 3 is 2.65 bits per heavy atom. The lowest BCUT2D eigenvalue weighted by molar-refractivity contribution is 0.248. The summed E-state index contributed by atoms with van der Waals surface area (Å²) in [6.45, 7) is 7.36. The standard InChI is InChI=1S/C20H29N5O/c1-16-5-4-6-17(15-16)25-13-11-24(12-14-25)10-7-18-22-19(23-26-18)20(21)8-2-3-9-20/h4-6,15H,2-3,7-14,21H2,1H3. The second kappa shape index (κ2) is 7.37. The van der Waals surface area contributed by atoms with Crippen LogP contribution >= 0.6 is 0 Å². The van der Waals surface area contributed by atoms with E-state index in [1.165, 1.54) is 11.3 Å². The van der Waals surface area contributed by atoms with Crippen LogP contribution in [0.3, 0.4) is 0 Å². The topological polar surface area (TPSA) is 71.4 Å². The fourth-order valence-electron chi connectivity index (χ4n) is 4.10. The molecule has 0 bridgehead atoms. The zero-order chi connectivity index (χ0) is 18.0. The van der Waals surface area contributed by atoms with E-state index in [0.29, 0.717) is 5.82 Å². The summed E-state index contributed by atoms with van der Waals surface area (Å²) < 4.78 is 5.46. The molecule has 1 aromatic heterocycles. The molecular weight excluding hydrogens is 326 g/mol. The summed E-state index contributed by atoms with van der Waals surface area (Å²) >= 11 is 0. The lowest BCUT2D eigenvalue weighted by Crippen LogP contribution is -2.47. The van der Waals surface area contributed by atoms with Crippen LogP contribution in [0.2, 0.25) is 0 Å². The predicted octanol–water partition coefficient (Wildman–Crippen LogP) is 2.47. The molecule has 0 radical (unpaired) electrons. The zero-order valence-electron chi connectivity index (χ0n) is 15.7. The van der Waals surface area contributed by atoms with Gasteiger partial charge in [0.25, 0.3) is 0 Å². The third-order valence-corrected chi connectivity index (χ3v) is 5.79. The van der Waals surface area contributed by atoms with E-state index < -0.39 is 0 Å². The van der Waals surface area contributed by atoms with Crippen molar-refractivity contribution < 1.29 is 4.52 Å². The van der Waals surface area contributed by atoms with Gasteiger partial charge in [-0.15, -0.1) is 0 Å². The van der Waals surface area contributed by atoms with Crippen molar-refractivity contribution in [1.29, 1.82) is 0 Å². The van der Waals surface area contributed by atoms with E-state index in [1.54, 1.807) is 0 Å². The number of nitrogens with two attached hydrogens (primary N) is 1. The number of aromatic nitrogens is 2. The molecule has 0 spiro atoms. The second-order valence-electron chi connectivity index (χ2n) is 7.79. The molecule has 2 N–H and O–H groups in total. The van der Waals surface area contributed by atoms with Crippen LogP contribution in [0.4, 0.5) is 5.69 Å². The quantitative estimate of drug-likeness (QED) is 0.888. The van der Waals surface area contributed by atoms with Crippen molar-refractivity contribution in [2.75, 3.05) is 37.6 Å². The normalized spacial score (nSPS) is 20.6. The first-order chi connectivity index (χ1) is 12.6. The minimum absolute atomic E-state index is 0.360. The molecule has 4 rings (SSSR count). The fraction of sp³-hybridized carbons (Fsp3) is 0.600. The minimum Gasteiger partial charge on any atom is -0.369 e. The number of hydrogen-bond donors (Lipinski definition) is 1. The highest BCUT2D eigenvalue weighted by Crippen LogP contribution is 2.34. The van der Waals surface area contributed by atoms with Crippen molar-refractivity contribution in [2.45, 2.75) is 44.6 Å². The van der Waals surface area contributed by atoms with E-state index in [-0.39, 0.29) is 5.54 Å². The van der Waals surface area contributed by atoms with Crippen molar-refractivity contribution >= 4 is 5.69 Å².